The van der Waals surface area contributed by atoms with Crippen molar-refractivity contribution in [3.8, 4) is 5.75 Å². The van der Waals surface area contributed by atoms with Gasteiger partial charge in [-0.05, 0) is 35.9 Å². The number of halogens is 1. The molecule has 0 aromatic heterocycles. The van der Waals surface area contributed by atoms with Crippen molar-refractivity contribution >= 4 is 23.1 Å². The van der Waals surface area contributed by atoms with Crippen LogP contribution < -0.4 is 15.8 Å². The molecule has 0 aliphatic rings. The lowest BCUT2D eigenvalue weighted by atomic mass is 10.1. The summed E-state index contributed by atoms with van der Waals surface area (Å²) < 4.78 is 5.26. The Balaban J connectivity index is 2.14. The normalized spacial score (nSPS) is 11.2. The predicted octanol–water partition coefficient (Wildman–Crippen LogP) is 3.06. The third-order valence-corrected chi connectivity index (χ3v) is 3.21. The number of nitrogens with zero attached hydrogens (tertiary/aromatic N) is 1. The lowest BCUT2D eigenvalue weighted by molar-refractivity contribution is 0.318. The molecule has 0 saturated carbocycles. The number of anilines is 1. The Kier molecular flexibility index (Phi) is 4.90. The molecule has 6 heteroatoms. The minimum absolute atomic E-state index is 0.0150. The van der Waals surface area contributed by atoms with E-state index in [1.807, 2.05) is 36.4 Å². The summed E-state index contributed by atoms with van der Waals surface area (Å²) in [7, 11) is 1.54. The number of methoxy groups -OCH3 is 1. The van der Waals surface area contributed by atoms with Gasteiger partial charge in [0, 0.05) is 17.3 Å². The molecule has 0 aliphatic heterocycles. The van der Waals surface area contributed by atoms with Gasteiger partial charge in [0.1, 0.15) is 5.75 Å². The summed E-state index contributed by atoms with van der Waals surface area (Å²) in [6.07, 6.45) is 0. The quantitative estimate of drug-likeness (QED) is 0.343. The fourth-order valence-corrected chi connectivity index (χ4v) is 2.10. The molecule has 0 saturated heterocycles. The fraction of sp³-hybridized carbons (Fsp3) is 0.133. The average Bonchev–Trinajstić information content (AvgIpc) is 2.52. The van der Waals surface area contributed by atoms with E-state index in [-0.39, 0.29) is 5.84 Å². The molecular weight excluding hydrogens is 290 g/mol. The SMILES string of the molecule is COc1cc(CNc2cccc(Cl)c2)ccc1/C(N)=N/O. The second kappa shape index (κ2) is 6.85. The van der Waals surface area contributed by atoms with Crippen LogP contribution in [0.3, 0.4) is 0 Å². The van der Waals surface area contributed by atoms with Crippen molar-refractivity contribution in [3.05, 3.63) is 58.6 Å². The molecule has 0 heterocycles. The number of amidine groups is 1. The van der Waals surface area contributed by atoms with Gasteiger partial charge in [0.2, 0.25) is 0 Å². The van der Waals surface area contributed by atoms with Crippen LogP contribution in [0.1, 0.15) is 11.1 Å². The zero-order valence-electron chi connectivity index (χ0n) is 11.5. The maximum Gasteiger partial charge on any atom is 0.173 e. The lowest BCUT2D eigenvalue weighted by Gasteiger charge is -2.11. The first-order valence-corrected chi connectivity index (χ1v) is 6.66. The van der Waals surface area contributed by atoms with E-state index in [1.165, 1.54) is 7.11 Å². The maximum atomic E-state index is 8.74. The van der Waals surface area contributed by atoms with Crippen molar-refractivity contribution in [2.24, 2.45) is 10.9 Å². The summed E-state index contributed by atoms with van der Waals surface area (Å²) in [6, 6.07) is 13.0. The molecule has 5 nitrogen and oxygen atoms in total. The summed E-state index contributed by atoms with van der Waals surface area (Å²) in [5.74, 6) is 0.567. The van der Waals surface area contributed by atoms with E-state index in [0.717, 1.165) is 11.3 Å². The summed E-state index contributed by atoms with van der Waals surface area (Å²) in [5.41, 5.74) is 8.07. The van der Waals surface area contributed by atoms with Gasteiger partial charge in [-0.1, -0.05) is 28.9 Å². The molecule has 0 atom stereocenters. The van der Waals surface area contributed by atoms with Crippen molar-refractivity contribution in [2.45, 2.75) is 6.54 Å². The van der Waals surface area contributed by atoms with E-state index in [1.54, 1.807) is 6.07 Å². The lowest BCUT2D eigenvalue weighted by Crippen LogP contribution is -2.14. The first-order chi connectivity index (χ1) is 10.1. The molecule has 0 bridgehead atoms. The van der Waals surface area contributed by atoms with Crippen molar-refractivity contribution in [3.63, 3.8) is 0 Å². The van der Waals surface area contributed by atoms with Gasteiger partial charge < -0.3 is 21.0 Å². The molecule has 0 amide bonds. The molecule has 2 rings (SSSR count). The van der Waals surface area contributed by atoms with Crippen LogP contribution in [0.4, 0.5) is 5.69 Å². The Hall–Kier alpha value is -2.40. The van der Waals surface area contributed by atoms with E-state index < -0.39 is 0 Å². The molecule has 0 unspecified atom stereocenters. The van der Waals surface area contributed by atoms with Gasteiger partial charge in [0.25, 0.3) is 0 Å². The largest absolute Gasteiger partial charge is 0.496 e. The number of hydrogen-bond donors (Lipinski definition) is 3. The molecule has 2 aromatic carbocycles. The third-order valence-electron chi connectivity index (χ3n) is 2.97. The zero-order chi connectivity index (χ0) is 15.2. The van der Waals surface area contributed by atoms with Gasteiger partial charge in [0.15, 0.2) is 5.84 Å². The van der Waals surface area contributed by atoms with E-state index in [2.05, 4.69) is 10.5 Å². The van der Waals surface area contributed by atoms with E-state index in [0.29, 0.717) is 22.9 Å². The molecule has 2 aromatic rings. The van der Waals surface area contributed by atoms with Crippen LogP contribution in [0.15, 0.2) is 47.6 Å². The Morgan fingerprint density at radius 3 is 2.81 bits per heavy atom. The standard InChI is InChI=1S/C15H16ClN3O2/c1-21-14-7-10(5-6-13(14)15(17)19-20)9-18-12-4-2-3-11(16)8-12/h2-8,18,20H,9H2,1H3,(H2,17,19). The Morgan fingerprint density at radius 2 is 2.14 bits per heavy atom. The van der Waals surface area contributed by atoms with Gasteiger partial charge in [-0.15, -0.1) is 0 Å². The molecule has 21 heavy (non-hydrogen) atoms. The van der Waals surface area contributed by atoms with Gasteiger partial charge in [0.05, 0.1) is 12.7 Å². The minimum Gasteiger partial charge on any atom is -0.496 e. The predicted molar refractivity (Wildman–Crippen MR) is 84.3 cm³/mol. The van der Waals surface area contributed by atoms with Crippen LogP contribution in [-0.4, -0.2) is 18.2 Å². The van der Waals surface area contributed by atoms with E-state index in [9.17, 15) is 0 Å². The van der Waals surface area contributed by atoms with Crippen molar-refractivity contribution in [1.29, 1.82) is 0 Å². The highest BCUT2D eigenvalue weighted by Gasteiger charge is 2.08. The highest BCUT2D eigenvalue weighted by Crippen LogP contribution is 2.21. The van der Waals surface area contributed by atoms with Crippen molar-refractivity contribution in [2.75, 3.05) is 12.4 Å². The number of rotatable bonds is 5. The molecule has 4 N–H and O–H groups in total. The fourth-order valence-electron chi connectivity index (χ4n) is 1.91. The number of benzene rings is 2. The van der Waals surface area contributed by atoms with Gasteiger partial charge in [-0.2, -0.15) is 0 Å². The molecule has 0 fully saturated rings. The second-order valence-corrected chi connectivity index (χ2v) is 4.82. The van der Waals surface area contributed by atoms with Crippen LogP contribution in [-0.2, 0) is 6.54 Å². The topological polar surface area (TPSA) is 79.9 Å². The van der Waals surface area contributed by atoms with Crippen LogP contribution in [0.25, 0.3) is 0 Å². The molecule has 110 valence electrons. The molecular formula is C15H16ClN3O2. The first kappa shape index (κ1) is 15.0. The first-order valence-electron chi connectivity index (χ1n) is 6.28. The van der Waals surface area contributed by atoms with Crippen molar-refractivity contribution in [1.82, 2.24) is 0 Å². The Labute approximate surface area is 128 Å². The van der Waals surface area contributed by atoms with Crippen molar-refractivity contribution < 1.29 is 9.94 Å². The Bertz CT molecular complexity index is 659. The number of hydrogen-bond acceptors (Lipinski definition) is 4. The molecule has 0 radical (unpaired) electrons. The van der Waals surface area contributed by atoms with Gasteiger partial charge in [-0.25, -0.2) is 0 Å². The minimum atomic E-state index is 0.0150. The molecule has 0 spiro atoms. The van der Waals surface area contributed by atoms with Crippen LogP contribution in [0, 0.1) is 0 Å². The zero-order valence-corrected chi connectivity index (χ0v) is 12.3. The number of nitrogens with two attached hydrogens (primary N) is 1. The van der Waals surface area contributed by atoms with E-state index in [4.69, 9.17) is 27.3 Å². The van der Waals surface area contributed by atoms with Crippen LogP contribution in [0.2, 0.25) is 5.02 Å². The summed E-state index contributed by atoms with van der Waals surface area (Å²) in [4.78, 5) is 0. The van der Waals surface area contributed by atoms with Gasteiger partial charge in [-0.3, -0.25) is 0 Å². The highest BCUT2D eigenvalue weighted by molar-refractivity contribution is 6.30. The smallest absolute Gasteiger partial charge is 0.173 e. The maximum absolute atomic E-state index is 8.74. The van der Waals surface area contributed by atoms with E-state index >= 15 is 0 Å². The van der Waals surface area contributed by atoms with Crippen LogP contribution in [0.5, 0.6) is 5.75 Å². The third kappa shape index (κ3) is 3.79. The van der Waals surface area contributed by atoms with Gasteiger partial charge >= 0.3 is 0 Å². The monoisotopic (exact) mass is 305 g/mol. The Morgan fingerprint density at radius 1 is 1.33 bits per heavy atom. The number of ether oxygens (including phenoxy) is 1. The highest BCUT2D eigenvalue weighted by atomic mass is 35.5. The molecule has 0 aliphatic carbocycles. The number of nitrogens with one attached hydrogen (secondary N) is 1. The number of oxime groups is 1. The van der Waals surface area contributed by atoms with Crippen LogP contribution >= 0.6 is 11.6 Å². The summed E-state index contributed by atoms with van der Waals surface area (Å²) in [6.45, 7) is 0.604. The second-order valence-electron chi connectivity index (χ2n) is 4.38. The summed E-state index contributed by atoms with van der Waals surface area (Å²) >= 11 is 5.94. The summed E-state index contributed by atoms with van der Waals surface area (Å²) in [5, 5.41) is 15.7. The average molecular weight is 306 g/mol.